The van der Waals surface area contributed by atoms with Gasteiger partial charge in [0.25, 0.3) is 0 Å². The van der Waals surface area contributed by atoms with Gasteiger partial charge in [0, 0.05) is 0 Å². The molecule has 0 heterocycles. The van der Waals surface area contributed by atoms with Crippen molar-refractivity contribution in [3.63, 3.8) is 0 Å². The van der Waals surface area contributed by atoms with Crippen LogP contribution < -0.4 is 18.9 Å². The van der Waals surface area contributed by atoms with Crippen molar-refractivity contribution in [2.75, 3.05) is 0 Å². The molecular weight excluding hydrogens is 167 g/mol. The van der Waals surface area contributed by atoms with Crippen molar-refractivity contribution in [2.24, 2.45) is 0 Å². The van der Waals surface area contributed by atoms with Gasteiger partial charge in [0.15, 0.2) is 0 Å². The Labute approximate surface area is 96.4 Å². The monoisotopic (exact) mass is 186 g/mol. The maximum atomic E-state index is 7.44. The molecule has 0 nitrogen and oxygen atoms in total. The molecule has 0 N–H and O–H groups in total. The Morgan fingerprint density at radius 1 is 1.31 bits per heavy atom. The Kier molecular flexibility index (Phi) is 7.85. The minimum atomic E-state index is -1.63. The van der Waals surface area contributed by atoms with Gasteiger partial charge in [-0.15, -0.1) is 6.58 Å². The molecule has 0 spiro atoms. The molecule has 0 aromatic rings. The van der Waals surface area contributed by atoms with Gasteiger partial charge >= 0.3 is 18.9 Å². The average Bonchev–Trinajstić information content (AvgIpc) is 1.98. The van der Waals surface area contributed by atoms with Crippen molar-refractivity contribution in [1.29, 1.82) is 0 Å². The van der Waals surface area contributed by atoms with Gasteiger partial charge in [-0.05, 0) is 17.1 Å². The van der Waals surface area contributed by atoms with E-state index in [1.165, 1.54) is 0 Å². The summed E-state index contributed by atoms with van der Waals surface area (Å²) in [6.45, 7) is 12.6. The normalized spacial score (nSPS) is 10.8. The Balaban J connectivity index is 0. The molecule has 0 rings (SSSR count). The fourth-order valence-electron chi connectivity index (χ4n) is 1.72. The van der Waals surface area contributed by atoms with Gasteiger partial charge in [0.05, 0.1) is 8.07 Å². The largest absolute Gasteiger partial charge is 1.00 e. The second-order valence-electron chi connectivity index (χ2n) is 3.97. The Hall–Kier alpha value is 0.114. The number of hydrogen-bond acceptors (Lipinski definition) is 0. The van der Waals surface area contributed by atoms with Crippen molar-refractivity contribution in [3.05, 3.63) is 19.1 Å². The molecule has 2 heteroatoms. The van der Waals surface area contributed by atoms with Crippen LogP contribution in [0.3, 0.4) is 0 Å². The van der Waals surface area contributed by atoms with Crippen LogP contribution in [0.4, 0.5) is 0 Å². The minimum absolute atomic E-state index is 0. The second-order valence-corrected chi connectivity index (χ2v) is 9.02. The Morgan fingerprint density at radius 3 is 1.77 bits per heavy atom. The van der Waals surface area contributed by atoms with Gasteiger partial charge in [-0.2, -0.15) is 0 Å². The molecule has 0 aliphatic rings. The molecule has 13 heavy (non-hydrogen) atoms. The molecular formula is C11H19LiSi. The molecule has 0 unspecified atom stereocenters. The van der Waals surface area contributed by atoms with E-state index in [0.717, 1.165) is 6.04 Å². The van der Waals surface area contributed by atoms with Gasteiger partial charge in [-0.1, -0.05) is 33.8 Å². The third-order valence-electron chi connectivity index (χ3n) is 2.78. The second kappa shape index (κ2) is 6.55. The van der Waals surface area contributed by atoms with Gasteiger partial charge < -0.3 is 12.0 Å². The maximum absolute atomic E-state index is 7.44. The first-order valence-electron chi connectivity index (χ1n) is 4.56. The molecule has 0 radical (unpaired) electrons. The number of hydrogen-bond donors (Lipinski definition) is 0. The summed E-state index contributed by atoms with van der Waals surface area (Å²) in [5, 5.41) is 0. The van der Waals surface area contributed by atoms with Gasteiger partial charge in [-0.3, -0.25) is 0 Å². The molecule has 0 aromatic heterocycles. The van der Waals surface area contributed by atoms with Gasteiger partial charge in [0.1, 0.15) is 0 Å². The molecule has 0 bridgehead atoms. The molecule has 0 aliphatic carbocycles. The van der Waals surface area contributed by atoms with E-state index in [0.29, 0.717) is 11.1 Å². The third-order valence-corrected chi connectivity index (χ3v) is 8.33. The predicted octanol–water partition coefficient (Wildman–Crippen LogP) is 0.574. The Morgan fingerprint density at radius 2 is 1.69 bits per heavy atom. The predicted molar refractivity (Wildman–Crippen MR) is 58.1 cm³/mol. The maximum Gasteiger partial charge on any atom is 1.00 e. The first-order valence-corrected chi connectivity index (χ1v) is 6.92. The summed E-state index contributed by atoms with van der Waals surface area (Å²) in [5.41, 5.74) is 4.01. The molecule has 0 atom stereocenters. The zero-order chi connectivity index (χ0) is 9.78. The van der Waals surface area contributed by atoms with Crippen LogP contribution in [0.15, 0.2) is 12.7 Å². The van der Waals surface area contributed by atoms with Crippen LogP contribution in [0, 0.1) is 12.0 Å². The van der Waals surface area contributed by atoms with E-state index in [4.69, 9.17) is 6.42 Å². The van der Waals surface area contributed by atoms with E-state index >= 15 is 0 Å². The van der Waals surface area contributed by atoms with Crippen LogP contribution in [0.2, 0.25) is 17.1 Å². The average molecular weight is 186 g/mol. The molecule has 0 aliphatic heterocycles. The number of allylic oxidation sites excluding steroid dienone is 1. The van der Waals surface area contributed by atoms with E-state index in [-0.39, 0.29) is 18.9 Å². The standard InChI is InChI=1S/C11H19Si.Li/c1-7-9-12(8-2,10(3)4)11(5)6;/h7,10-11H,1,9H2,3-6H3;/q-1;+1. The molecule has 0 saturated carbocycles. The van der Waals surface area contributed by atoms with Crippen LogP contribution in [0.25, 0.3) is 0 Å². The summed E-state index contributed by atoms with van der Waals surface area (Å²) in [7, 11) is -1.63. The van der Waals surface area contributed by atoms with Crippen LogP contribution in [0.5, 0.6) is 0 Å². The molecule has 0 fully saturated rings. The molecule has 0 saturated heterocycles. The number of rotatable bonds is 4. The summed E-state index contributed by atoms with van der Waals surface area (Å²) in [6.07, 6.45) is 9.39. The van der Waals surface area contributed by atoms with Crippen molar-refractivity contribution in [3.8, 4) is 5.54 Å². The fraction of sp³-hybridized carbons (Fsp3) is 0.636. The topological polar surface area (TPSA) is 0 Å². The van der Waals surface area contributed by atoms with E-state index in [1.54, 1.807) is 0 Å². The van der Waals surface area contributed by atoms with Crippen molar-refractivity contribution in [2.45, 2.75) is 44.8 Å². The van der Waals surface area contributed by atoms with Gasteiger partial charge in [0.2, 0.25) is 0 Å². The smallest absolute Gasteiger partial charge is 0.701 e. The zero-order valence-corrected chi connectivity index (χ0v) is 10.6. The van der Waals surface area contributed by atoms with E-state index in [9.17, 15) is 0 Å². The molecule has 0 amide bonds. The van der Waals surface area contributed by atoms with Crippen molar-refractivity contribution in [1.82, 2.24) is 0 Å². The van der Waals surface area contributed by atoms with Crippen LogP contribution in [0.1, 0.15) is 27.7 Å². The van der Waals surface area contributed by atoms with Crippen LogP contribution in [-0.2, 0) is 0 Å². The summed E-state index contributed by atoms with van der Waals surface area (Å²) in [4.78, 5) is 0. The summed E-state index contributed by atoms with van der Waals surface area (Å²) < 4.78 is 0. The van der Waals surface area contributed by atoms with E-state index in [2.05, 4.69) is 39.8 Å². The molecule has 0 aromatic carbocycles. The summed E-state index contributed by atoms with van der Waals surface area (Å²) in [5.74, 6) is 0. The van der Waals surface area contributed by atoms with Crippen molar-refractivity contribution >= 4 is 8.07 Å². The van der Waals surface area contributed by atoms with Crippen LogP contribution >= 0.6 is 0 Å². The molecule has 68 valence electrons. The SMILES string of the molecule is [C-]#C[Si](CC=C)(C(C)C)C(C)C.[Li+]. The quantitative estimate of drug-likeness (QED) is 0.261. The van der Waals surface area contributed by atoms with E-state index in [1.807, 2.05) is 6.08 Å². The van der Waals surface area contributed by atoms with E-state index < -0.39 is 8.07 Å². The zero-order valence-electron chi connectivity index (χ0n) is 9.65. The fourth-order valence-corrected chi connectivity index (χ4v) is 5.15. The third kappa shape index (κ3) is 3.39. The first-order chi connectivity index (χ1) is 5.51. The Bertz CT molecular complexity index is 181. The minimum Gasteiger partial charge on any atom is -0.701 e. The van der Waals surface area contributed by atoms with Gasteiger partial charge in [-0.25, -0.2) is 0 Å². The summed E-state index contributed by atoms with van der Waals surface area (Å²) in [6, 6.07) is 0.992. The first kappa shape index (κ1) is 15.6. The van der Waals surface area contributed by atoms with Crippen LogP contribution in [-0.4, -0.2) is 8.07 Å². The summed E-state index contributed by atoms with van der Waals surface area (Å²) >= 11 is 0. The van der Waals surface area contributed by atoms with Crippen molar-refractivity contribution < 1.29 is 18.9 Å².